The zero-order chi connectivity index (χ0) is 28.5. The Hall–Kier alpha value is -4.49. The number of nitrogens with zero attached hydrogens (tertiary/aromatic N) is 6. The number of fused-ring (bicyclic) bond motifs is 2. The van der Waals surface area contributed by atoms with Gasteiger partial charge in [-0.15, -0.1) is 0 Å². The summed E-state index contributed by atoms with van der Waals surface area (Å²) in [5.41, 5.74) is 4.11. The minimum absolute atomic E-state index is 0.131. The van der Waals surface area contributed by atoms with Crippen molar-refractivity contribution >= 4 is 33.9 Å². The number of aromatic nitrogens is 2. The molecule has 1 aromatic heterocycles. The maximum absolute atomic E-state index is 15.2. The van der Waals surface area contributed by atoms with Crippen molar-refractivity contribution in [1.29, 1.82) is 5.26 Å². The van der Waals surface area contributed by atoms with Crippen LogP contribution in [0.2, 0.25) is 0 Å². The molecule has 3 aromatic carbocycles. The van der Waals surface area contributed by atoms with E-state index in [-0.39, 0.29) is 37.3 Å². The quantitative estimate of drug-likeness (QED) is 0.286. The molecule has 1 atom stereocenters. The number of carbonyl (C=O) groups excluding carboxylic acids is 1. The van der Waals surface area contributed by atoms with E-state index in [2.05, 4.69) is 27.0 Å². The molecule has 2 aliphatic heterocycles. The molecule has 0 N–H and O–H groups in total. The number of anilines is 1. The van der Waals surface area contributed by atoms with Crippen molar-refractivity contribution in [3.8, 4) is 23.1 Å². The summed E-state index contributed by atoms with van der Waals surface area (Å²) in [5, 5.41) is 9.29. The van der Waals surface area contributed by atoms with Crippen LogP contribution in [0.5, 0.6) is 5.75 Å². The smallest absolute Gasteiger partial charge is 0.229 e. The first-order chi connectivity index (χ1) is 19.9. The molecule has 2 aliphatic rings. The van der Waals surface area contributed by atoms with Crippen LogP contribution < -0.4 is 9.64 Å². The highest BCUT2D eigenvalue weighted by Gasteiger charge is 2.31. The molecule has 0 radical (unpaired) electrons. The fourth-order valence-corrected chi connectivity index (χ4v) is 5.85. The molecular formula is C31H26BrFN6O2. The Bertz CT molecular complexity index is 1710. The normalized spacial score (nSPS) is 15.7. The summed E-state index contributed by atoms with van der Waals surface area (Å²) in [7, 11) is 1.54. The molecule has 0 aliphatic carbocycles. The first kappa shape index (κ1) is 26.7. The van der Waals surface area contributed by atoms with Gasteiger partial charge in [-0.1, -0.05) is 46.3 Å². The van der Waals surface area contributed by atoms with E-state index in [9.17, 15) is 10.1 Å². The van der Waals surface area contributed by atoms with E-state index >= 15 is 4.39 Å². The molecule has 41 heavy (non-hydrogen) atoms. The zero-order valence-electron chi connectivity index (χ0n) is 22.3. The van der Waals surface area contributed by atoms with Crippen LogP contribution in [0.1, 0.15) is 28.9 Å². The molecule has 1 amide bonds. The van der Waals surface area contributed by atoms with Gasteiger partial charge >= 0.3 is 0 Å². The van der Waals surface area contributed by atoms with E-state index in [4.69, 9.17) is 9.72 Å². The summed E-state index contributed by atoms with van der Waals surface area (Å²) < 4.78 is 23.4. The van der Waals surface area contributed by atoms with Crippen LogP contribution in [0.4, 0.5) is 10.1 Å². The summed E-state index contributed by atoms with van der Waals surface area (Å²) >= 11 is 3.60. The summed E-state index contributed by atoms with van der Waals surface area (Å²) in [4.78, 5) is 26.9. The van der Waals surface area contributed by atoms with Crippen molar-refractivity contribution in [3.05, 3.63) is 99.7 Å². The number of ether oxygens (including phenoxy) is 1. The average molecular weight is 613 g/mol. The van der Waals surface area contributed by atoms with Crippen LogP contribution in [0.25, 0.3) is 11.3 Å². The second kappa shape index (κ2) is 11.2. The number of nitriles is 1. The van der Waals surface area contributed by atoms with E-state index < -0.39 is 0 Å². The molecule has 0 saturated carbocycles. The number of rotatable bonds is 6. The Kier molecular flexibility index (Phi) is 7.28. The second-order valence-corrected chi connectivity index (χ2v) is 10.9. The molecule has 1 unspecified atom stereocenters. The molecule has 0 bridgehead atoms. The van der Waals surface area contributed by atoms with Gasteiger partial charge in [0.25, 0.3) is 0 Å². The van der Waals surface area contributed by atoms with E-state index in [1.807, 2.05) is 52.1 Å². The van der Waals surface area contributed by atoms with Crippen LogP contribution in [-0.2, 0) is 24.4 Å². The molecule has 0 spiro atoms. The number of methoxy groups -OCH3 is 1. The molecule has 8 nitrogen and oxygen atoms in total. The predicted molar refractivity (Wildman–Crippen MR) is 157 cm³/mol. The summed E-state index contributed by atoms with van der Waals surface area (Å²) in [6.07, 6.45) is 3.87. The van der Waals surface area contributed by atoms with Gasteiger partial charge < -0.3 is 19.1 Å². The Morgan fingerprint density at radius 3 is 2.83 bits per heavy atom. The molecule has 6 rings (SSSR count). The SMILES string of the molecule is COc1cc(CN2C=NCC2CC(=O)N2Cc3nc(-c4ccccc4Br)cn3Cc3c(F)cccc32)ccc1C#N. The highest BCUT2D eigenvalue weighted by atomic mass is 79.9. The topological polar surface area (TPSA) is 86.8 Å². The first-order valence-corrected chi connectivity index (χ1v) is 14.0. The fraction of sp³-hybridized carbons (Fsp3) is 0.226. The maximum Gasteiger partial charge on any atom is 0.229 e. The van der Waals surface area contributed by atoms with Crippen molar-refractivity contribution in [2.45, 2.75) is 32.1 Å². The lowest BCUT2D eigenvalue weighted by molar-refractivity contribution is -0.119. The Morgan fingerprint density at radius 2 is 2.02 bits per heavy atom. The minimum Gasteiger partial charge on any atom is -0.495 e. The predicted octanol–water partition coefficient (Wildman–Crippen LogP) is 5.53. The van der Waals surface area contributed by atoms with Gasteiger partial charge in [0.1, 0.15) is 23.5 Å². The van der Waals surface area contributed by atoms with Gasteiger partial charge in [0.05, 0.1) is 56.1 Å². The fourth-order valence-electron chi connectivity index (χ4n) is 5.37. The summed E-state index contributed by atoms with van der Waals surface area (Å²) in [5.74, 6) is 0.705. The standard InChI is InChI=1S/C31H26BrFN6O2/c1-41-29-11-20(9-10-21(29)13-34)15-38-19-35-14-22(38)12-31(40)39-18-30-36-27(23-5-2-3-6-25(23)32)17-37(30)16-24-26(33)7-4-8-28(24)39/h2-11,17,19,22H,12,14-16,18H2,1H3. The van der Waals surface area contributed by atoms with Gasteiger partial charge in [-0.3, -0.25) is 9.79 Å². The lowest BCUT2D eigenvalue weighted by Crippen LogP contribution is -2.39. The summed E-state index contributed by atoms with van der Waals surface area (Å²) in [6, 6.07) is 20.1. The Balaban J connectivity index is 1.26. The van der Waals surface area contributed by atoms with Crippen molar-refractivity contribution < 1.29 is 13.9 Å². The molecule has 0 saturated heterocycles. The van der Waals surface area contributed by atoms with E-state index in [1.165, 1.54) is 13.2 Å². The summed E-state index contributed by atoms with van der Waals surface area (Å²) in [6.45, 7) is 1.48. The van der Waals surface area contributed by atoms with Crippen LogP contribution in [0.3, 0.4) is 0 Å². The van der Waals surface area contributed by atoms with Crippen LogP contribution >= 0.6 is 15.9 Å². The van der Waals surface area contributed by atoms with Gasteiger partial charge in [-0.05, 0) is 35.9 Å². The van der Waals surface area contributed by atoms with Gasteiger partial charge in [0.2, 0.25) is 5.91 Å². The number of amides is 1. The molecule has 10 heteroatoms. The lowest BCUT2D eigenvalue weighted by atomic mass is 10.1. The van der Waals surface area contributed by atoms with Crippen LogP contribution in [0.15, 0.2) is 76.3 Å². The zero-order valence-corrected chi connectivity index (χ0v) is 23.9. The number of hydrogen-bond donors (Lipinski definition) is 0. The molecule has 0 fully saturated rings. The second-order valence-electron chi connectivity index (χ2n) is 10.0. The average Bonchev–Trinajstić information content (AvgIpc) is 3.55. The number of imidazole rings is 1. The third-order valence-corrected chi connectivity index (χ3v) is 8.19. The van der Waals surface area contributed by atoms with Crippen LogP contribution in [0, 0.1) is 17.1 Å². The third-order valence-electron chi connectivity index (χ3n) is 7.50. The lowest BCUT2D eigenvalue weighted by Gasteiger charge is -2.28. The van der Waals surface area contributed by atoms with Crippen molar-refractivity contribution in [1.82, 2.24) is 14.5 Å². The highest BCUT2D eigenvalue weighted by molar-refractivity contribution is 9.10. The van der Waals surface area contributed by atoms with Crippen molar-refractivity contribution in [2.75, 3.05) is 18.6 Å². The monoisotopic (exact) mass is 612 g/mol. The van der Waals surface area contributed by atoms with E-state index in [0.29, 0.717) is 41.5 Å². The number of aliphatic imine (C=N–C) groups is 1. The van der Waals surface area contributed by atoms with Crippen molar-refractivity contribution in [3.63, 3.8) is 0 Å². The number of carbonyl (C=O) groups is 1. The van der Waals surface area contributed by atoms with Gasteiger partial charge in [0, 0.05) is 34.8 Å². The first-order valence-electron chi connectivity index (χ1n) is 13.2. The highest BCUT2D eigenvalue weighted by Crippen LogP contribution is 2.34. The molecule has 3 heterocycles. The Labute approximate surface area is 245 Å². The third kappa shape index (κ3) is 5.21. The Morgan fingerprint density at radius 1 is 1.17 bits per heavy atom. The van der Waals surface area contributed by atoms with Gasteiger partial charge in [-0.2, -0.15) is 5.26 Å². The molecule has 4 aromatic rings. The van der Waals surface area contributed by atoms with Crippen LogP contribution in [-0.4, -0.2) is 46.4 Å². The largest absolute Gasteiger partial charge is 0.495 e. The van der Waals surface area contributed by atoms with E-state index in [1.54, 1.807) is 29.4 Å². The molecular weight excluding hydrogens is 587 g/mol. The van der Waals surface area contributed by atoms with E-state index in [0.717, 1.165) is 21.3 Å². The number of hydrogen-bond acceptors (Lipinski definition) is 6. The minimum atomic E-state index is -0.357. The molecule has 206 valence electrons. The van der Waals surface area contributed by atoms with Gasteiger partial charge in [-0.25, -0.2) is 9.37 Å². The van der Waals surface area contributed by atoms with Crippen molar-refractivity contribution in [2.24, 2.45) is 4.99 Å². The number of benzene rings is 3. The number of halogens is 2. The maximum atomic E-state index is 15.2. The van der Waals surface area contributed by atoms with Gasteiger partial charge in [0.15, 0.2) is 0 Å².